The van der Waals surface area contributed by atoms with Crippen LogP contribution in [-0.4, -0.2) is 10.2 Å². The van der Waals surface area contributed by atoms with Crippen molar-refractivity contribution in [3.63, 3.8) is 0 Å². The standard InChI is InChI=1S/C3H7OSi/c4-2-1-3-5/h1-2H,3H2,5H3. The lowest BCUT2D eigenvalue weighted by molar-refractivity contribution is 0.351. The zero-order valence-electron chi connectivity index (χ0n) is 3.27. The van der Waals surface area contributed by atoms with Gasteiger partial charge in [0.05, 0.1) is 0 Å². The van der Waals surface area contributed by atoms with Gasteiger partial charge in [0, 0.05) is 10.2 Å². The van der Waals surface area contributed by atoms with Crippen molar-refractivity contribution in [1.29, 1.82) is 0 Å². The van der Waals surface area contributed by atoms with E-state index in [2.05, 4.69) is 0 Å². The molecule has 29 valence electrons. The number of allylic oxidation sites excluding steroid dienone is 1. The molecule has 0 spiro atoms. The van der Waals surface area contributed by atoms with Gasteiger partial charge in [0.1, 0.15) is 6.26 Å². The zero-order chi connectivity index (χ0) is 4.12. The van der Waals surface area contributed by atoms with Crippen LogP contribution in [0.4, 0.5) is 0 Å². The van der Waals surface area contributed by atoms with Crippen molar-refractivity contribution < 1.29 is 5.11 Å². The molecule has 0 fully saturated rings. The van der Waals surface area contributed by atoms with E-state index < -0.39 is 0 Å². The Morgan fingerprint density at radius 3 is 2.40 bits per heavy atom. The molecule has 0 heterocycles. The molecule has 0 saturated heterocycles. The van der Waals surface area contributed by atoms with Crippen LogP contribution in [0, 0.1) is 0 Å². The van der Waals surface area contributed by atoms with Crippen molar-refractivity contribution in [2.75, 3.05) is 0 Å². The summed E-state index contributed by atoms with van der Waals surface area (Å²) in [4.78, 5) is 0. The minimum absolute atomic E-state index is 0.840. The third-order valence-electron chi connectivity index (χ3n) is 0.332. The van der Waals surface area contributed by atoms with Gasteiger partial charge >= 0.3 is 0 Å². The predicted molar refractivity (Wildman–Crippen MR) is 24.6 cm³/mol. The highest BCUT2D eigenvalue weighted by Gasteiger charge is 1.56. The van der Waals surface area contributed by atoms with E-state index >= 15 is 0 Å². The van der Waals surface area contributed by atoms with E-state index in [9.17, 15) is 5.11 Å². The SMILES string of the molecule is [O]C=CC[SiH3]. The highest BCUT2D eigenvalue weighted by atomic mass is 28.1. The summed E-state index contributed by atoms with van der Waals surface area (Å²) in [6, 6.07) is 0.990. The average molecular weight is 87.2 g/mol. The summed E-state index contributed by atoms with van der Waals surface area (Å²) in [5.74, 6) is 0. The van der Waals surface area contributed by atoms with E-state index in [1.165, 1.54) is 0 Å². The molecule has 0 N–H and O–H groups in total. The molecule has 0 aliphatic heterocycles. The first-order valence-electron chi connectivity index (χ1n) is 1.68. The largest absolute Gasteiger partial charge is 0.299 e. The fourth-order valence-electron chi connectivity index (χ4n) is 0.0962. The summed E-state index contributed by atoms with van der Waals surface area (Å²) in [6.07, 6.45) is 2.47. The average Bonchev–Trinajstić information content (AvgIpc) is 1.41. The van der Waals surface area contributed by atoms with Crippen LogP contribution in [0.2, 0.25) is 6.04 Å². The molecule has 0 aromatic rings. The van der Waals surface area contributed by atoms with Gasteiger partial charge in [0.15, 0.2) is 0 Å². The second-order valence-corrected chi connectivity index (χ2v) is 1.60. The van der Waals surface area contributed by atoms with Crippen molar-refractivity contribution in [1.82, 2.24) is 0 Å². The summed E-state index contributed by atoms with van der Waals surface area (Å²) in [5, 5.41) is 9.37. The molecular formula is C3H7OSi. The van der Waals surface area contributed by atoms with Crippen LogP contribution in [0.3, 0.4) is 0 Å². The topological polar surface area (TPSA) is 19.9 Å². The normalized spacial score (nSPS) is 10.4. The molecule has 0 unspecified atom stereocenters. The van der Waals surface area contributed by atoms with Gasteiger partial charge in [-0.25, -0.2) is 0 Å². The first kappa shape index (κ1) is 4.76. The van der Waals surface area contributed by atoms with Gasteiger partial charge in [-0.05, 0) is 12.1 Å². The Morgan fingerprint density at radius 2 is 2.40 bits per heavy atom. The molecule has 0 aromatic carbocycles. The van der Waals surface area contributed by atoms with Crippen molar-refractivity contribution >= 4 is 10.2 Å². The first-order chi connectivity index (χ1) is 2.41. The van der Waals surface area contributed by atoms with Crippen molar-refractivity contribution in [2.45, 2.75) is 6.04 Å². The van der Waals surface area contributed by atoms with E-state index in [4.69, 9.17) is 0 Å². The van der Waals surface area contributed by atoms with Crippen LogP contribution in [0.5, 0.6) is 0 Å². The summed E-state index contributed by atoms with van der Waals surface area (Å²) < 4.78 is 0. The van der Waals surface area contributed by atoms with E-state index in [-0.39, 0.29) is 0 Å². The third kappa shape index (κ3) is 3.76. The monoisotopic (exact) mass is 87.0 g/mol. The van der Waals surface area contributed by atoms with Gasteiger partial charge in [-0.3, -0.25) is 5.11 Å². The Morgan fingerprint density at radius 1 is 1.80 bits per heavy atom. The fraction of sp³-hybridized carbons (Fsp3) is 0.333. The van der Waals surface area contributed by atoms with Crippen LogP contribution >= 0.6 is 0 Å². The second-order valence-electron chi connectivity index (χ2n) is 0.780. The minimum Gasteiger partial charge on any atom is -0.299 e. The third-order valence-corrected chi connectivity index (χ3v) is 0.803. The molecule has 0 aliphatic carbocycles. The number of rotatable bonds is 1. The van der Waals surface area contributed by atoms with Crippen LogP contribution in [0.25, 0.3) is 0 Å². The van der Waals surface area contributed by atoms with Gasteiger partial charge in [-0.15, -0.1) is 0 Å². The van der Waals surface area contributed by atoms with Crippen molar-refractivity contribution in [2.24, 2.45) is 0 Å². The molecule has 0 saturated carbocycles. The molecule has 0 atom stereocenters. The van der Waals surface area contributed by atoms with Gasteiger partial charge in [-0.1, -0.05) is 0 Å². The zero-order valence-corrected chi connectivity index (χ0v) is 5.27. The molecular weight excluding hydrogens is 80.1 g/mol. The number of hydrogen-bond acceptors (Lipinski definition) is 0. The Hall–Kier alpha value is -0.243. The van der Waals surface area contributed by atoms with E-state index in [1.807, 2.05) is 0 Å². The van der Waals surface area contributed by atoms with E-state index in [0.29, 0.717) is 0 Å². The van der Waals surface area contributed by atoms with Crippen molar-refractivity contribution in [3.05, 3.63) is 12.3 Å². The molecule has 1 radical (unpaired) electrons. The first-order valence-corrected chi connectivity index (χ1v) is 3.10. The van der Waals surface area contributed by atoms with Crippen LogP contribution in [0.1, 0.15) is 0 Å². The summed E-state index contributed by atoms with van der Waals surface area (Å²) in [5.41, 5.74) is 0. The lowest BCUT2D eigenvalue weighted by Crippen LogP contribution is -1.52. The van der Waals surface area contributed by atoms with Gasteiger partial charge in [0.2, 0.25) is 0 Å². The molecule has 0 amide bonds. The molecule has 0 aromatic heterocycles. The molecule has 0 bridgehead atoms. The lowest BCUT2D eigenvalue weighted by Gasteiger charge is -1.61. The van der Waals surface area contributed by atoms with Gasteiger partial charge in [-0.2, -0.15) is 0 Å². The maximum Gasteiger partial charge on any atom is 0.138 e. The molecule has 5 heavy (non-hydrogen) atoms. The molecule has 0 aliphatic rings. The lowest BCUT2D eigenvalue weighted by atomic mass is 10.7. The predicted octanol–water partition coefficient (Wildman–Crippen LogP) is -0.286. The summed E-state index contributed by atoms with van der Waals surface area (Å²) in [6.45, 7) is 0. The van der Waals surface area contributed by atoms with Crippen LogP contribution < -0.4 is 0 Å². The molecule has 2 heteroatoms. The molecule has 0 rings (SSSR count). The smallest absolute Gasteiger partial charge is 0.138 e. The van der Waals surface area contributed by atoms with Gasteiger partial charge in [0.25, 0.3) is 0 Å². The van der Waals surface area contributed by atoms with Gasteiger partial charge < -0.3 is 0 Å². The maximum atomic E-state index is 9.37. The van der Waals surface area contributed by atoms with Crippen LogP contribution in [-0.2, 0) is 5.11 Å². The Labute approximate surface area is 34.7 Å². The minimum atomic E-state index is 0.840. The van der Waals surface area contributed by atoms with E-state index in [0.717, 1.165) is 22.5 Å². The summed E-state index contributed by atoms with van der Waals surface area (Å²) >= 11 is 0. The quantitative estimate of drug-likeness (QED) is 0.309. The Balaban J connectivity index is 2.62. The maximum absolute atomic E-state index is 9.37. The Kier molecular flexibility index (Phi) is 3.57. The number of hydrogen-bond donors (Lipinski definition) is 0. The summed E-state index contributed by atoms with van der Waals surface area (Å²) in [7, 11) is 1.11. The second kappa shape index (κ2) is 3.76. The van der Waals surface area contributed by atoms with Crippen LogP contribution in [0.15, 0.2) is 12.3 Å². The highest BCUT2D eigenvalue weighted by Crippen LogP contribution is 1.69. The fourth-order valence-corrected chi connectivity index (χ4v) is 0.289. The van der Waals surface area contributed by atoms with Crippen molar-refractivity contribution in [3.8, 4) is 0 Å². The molecule has 1 nitrogen and oxygen atoms in total. The highest BCUT2D eigenvalue weighted by molar-refractivity contribution is 6.09. The van der Waals surface area contributed by atoms with E-state index in [1.54, 1.807) is 6.08 Å². The Bertz CT molecular complexity index is 33.9.